The summed E-state index contributed by atoms with van der Waals surface area (Å²) in [4.78, 5) is 30.5. The van der Waals surface area contributed by atoms with Crippen LogP contribution in [0.2, 0.25) is 0 Å². The smallest absolute Gasteiger partial charge is 0.254 e. The van der Waals surface area contributed by atoms with Gasteiger partial charge in [0.2, 0.25) is 5.91 Å². The Morgan fingerprint density at radius 3 is 2.12 bits per heavy atom. The predicted octanol–water partition coefficient (Wildman–Crippen LogP) is 4.22. The van der Waals surface area contributed by atoms with Gasteiger partial charge < -0.3 is 19.9 Å². The zero-order valence-corrected chi connectivity index (χ0v) is 18.0. The molecule has 0 aliphatic rings. The summed E-state index contributed by atoms with van der Waals surface area (Å²) in [5.74, 6) is 1.42. The Labute approximate surface area is 186 Å². The maximum absolute atomic E-state index is 12.9. The van der Waals surface area contributed by atoms with Gasteiger partial charge >= 0.3 is 0 Å². The molecule has 0 saturated carbocycles. The van der Waals surface area contributed by atoms with Crippen LogP contribution in [-0.2, 0) is 13.1 Å². The largest absolute Gasteiger partial charge is 0.457 e. The minimum Gasteiger partial charge on any atom is -0.457 e. The third-order valence-corrected chi connectivity index (χ3v) is 5.25. The van der Waals surface area contributed by atoms with Gasteiger partial charge in [0.25, 0.3) is 5.91 Å². The first-order chi connectivity index (χ1) is 15.5. The number of aromatic nitrogens is 2. The van der Waals surface area contributed by atoms with E-state index in [0.29, 0.717) is 29.2 Å². The molecule has 0 bridgehead atoms. The summed E-state index contributed by atoms with van der Waals surface area (Å²) < 4.78 is 7.90. The van der Waals surface area contributed by atoms with E-state index in [1.54, 1.807) is 60.5 Å². The Bertz CT molecular complexity index is 1260. The molecule has 0 saturated heterocycles. The Morgan fingerprint density at radius 1 is 0.938 bits per heavy atom. The molecule has 2 amide bonds. The first-order valence-corrected chi connectivity index (χ1v) is 10.3. The predicted molar refractivity (Wildman–Crippen MR) is 123 cm³/mol. The summed E-state index contributed by atoms with van der Waals surface area (Å²) >= 11 is 0. The number of hydrogen-bond acceptors (Lipinski definition) is 4. The molecule has 162 valence electrons. The number of rotatable bonds is 7. The molecule has 32 heavy (non-hydrogen) atoms. The van der Waals surface area contributed by atoms with Crippen molar-refractivity contribution in [1.82, 2.24) is 14.5 Å². The second-order valence-electron chi connectivity index (χ2n) is 7.44. The molecule has 0 aliphatic heterocycles. The van der Waals surface area contributed by atoms with Crippen LogP contribution in [0.1, 0.15) is 33.5 Å². The number of carbonyl (C=O) groups excluding carboxylic acids is 2. The number of imidazole rings is 1. The van der Waals surface area contributed by atoms with E-state index >= 15 is 0 Å². The number of benzene rings is 3. The highest BCUT2D eigenvalue weighted by atomic mass is 16.5. The fourth-order valence-electron chi connectivity index (χ4n) is 3.59. The normalized spacial score (nSPS) is 10.8. The van der Waals surface area contributed by atoms with Gasteiger partial charge in [-0.2, -0.15) is 0 Å². The molecule has 0 fully saturated rings. The highest BCUT2D eigenvalue weighted by molar-refractivity contribution is 5.94. The molecule has 0 aliphatic carbocycles. The second kappa shape index (κ2) is 8.93. The first-order valence-electron chi connectivity index (χ1n) is 10.3. The quantitative estimate of drug-likeness (QED) is 0.477. The van der Waals surface area contributed by atoms with E-state index in [1.807, 2.05) is 24.3 Å². The van der Waals surface area contributed by atoms with Crippen molar-refractivity contribution in [3.8, 4) is 11.5 Å². The molecule has 0 unspecified atom stereocenters. The van der Waals surface area contributed by atoms with Crippen LogP contribution in [0.15, 0.2) is 72.8 Å². The molecule has 0 atom stereocenters. The number of amides is 2. The van der Waals surface area contributed by atoms with E-state index in [0.717, 1.165) is 23.4 Å². The molecule has 2 N–H and O–H groups in total. The van der Waals surface area contributed by atoms with E-state index in [-0.39, 0.29) is 5.91 Å². The van der Waals surface area contributed by atoms with Gasteiger partial charge in [0, 0.05) is 24.7 Å². The molecule has 4 aromatic rings. The summed E-state index contributed by atoms with van der Waals surface area (Å²) in [5.41, 5.74) is 8.21. The fraction of sp³-hybridized carbons (Fsp3) is 0.160. The molecule has 1 aromatic heterocycles. The van der Waals surface area contributed by atoms with Crippen molar-refractivity contribution in [3.63, 3.8) is 0 Å². The van der Waals surface area contributed by atoms with Crippen LogP contribution >= 0.6 is 0 Å². The highest BCUT2D eigenvalue weighted by Crippen LogP contribution is 2.23. The van der Waals surface area contributed by atoms with Crippen molar-refractivity contribution in [3.05, 3.63) is 89.7 Å². The van der Waals surface area contributed by atoms with E-state index < -0.39 is 5.91 Å². The molecule has 7 nitrogen and oxygen atoms in total. The third kappa shape index (κ3) is 4.32. The van der Waals surface area contributed by atoms with E-state index in [4.69, 9.17) is 15.5 Å². The summed E-state index contributed by atoms with van der Waals surface area (Å²) in [6, 6.07) is 21.5. The zero-order chi connectivity index (χ0) is 22.7. The SMILES string of the molecule is CCn1c(CN(C)C(=O)c2ccc(Oc3ccc(C(N)=O)cc3)cc2)nc2ccccc21. The average Bonchev–Trinajstić information content (AvgIpc) is 3.16. The molecule has 7 heteroatoms. The second-order valence-corrected chi connectivity index (χ2v) is 7.44. The topological polar surface area (TPSA) is 90.5 Å². The number of para-hydroxylation sites is 2. The monoisotopic (exact) mass is 428 g/mol. The number of nitrogens with zero attached hydrogens (tertiary/aromatic N) is 3. The molecule has 0 spiro atoms. The van der Waals surface area contributed by atoms with Crippen LogP contribution in [-0.4, -0.2) is 33.3 Å². The molecule has 1 heterocycles. The maximum Gasteiger partial charge on any atom is 0.254 e. The van der Waals surface area contributed by atoms with Crippen molar-refractivity contribution >= 4 is 22.8 Å². The van der Waals surface area contributed by atoms with Crippen LogP contribution in [0.3, 0.4) is 0 Å². The Balaban J connectivity index is 1.45. The lowest BCUT2D eigenvalue weighted by atomic mass is 10.2. The first kappa shape index (κ1) is 21.1. The van der Waals surface area contributed by atoms with Crippen LogP contribution in [0.25, 0.3) is 11.0 Å². The minimum absolute atomic E-state index is 0.0999. The van der Waals surface area contributed by atoms with E-state index in [2.05, 4.69) is 11.5 Å². The number of aryl methyl sites for hydroxylation is 1. The van der Waals surface area contributed by atoms with Crippen LogP contribution in [0.5, 0.6) is 11.5 Å². The van der Waals surface area contributed by atoms with E-state index in [1.165, 1.54) is 0 Å². The van der Waals surface area contributed by atoms with Crippen LogP contribution in [0, 0.1) is 0 Å². The number of primary amides is 1. The molecule has 0 radical (unpaired) electrons. The minimum atomic E-state index is -0.488. The van der Waals surface area contributed by atoms with Gasteiger partial charge in [-0.1, -0.05) is 12.1 Å². The Kier molecular flexibility index (Phi) is 5.89. The van der Waals surface area contributed by atoms with Crippen molar-refractivity contribution in [2.75, 3.05) is 7.05 Å². The van der Waals surface area contributed by atoms with Gasteiger partial charge in [-0.25, -0.2) is 4.98 Å². The molecule has 4 rings (SSSR count). The average molecular weight is 428 g/mol. The van der Waals surface area contributed by atoms with Crippen LogP contribution < -0.4 is 10.5 Å². The van der Waals surface area contributed by atoms with Crippen molar-refractivity contribution in [1.29, 1.82) is 0 Å². The number of carbonyl (C=O) groups is 2. The number of ether oxygens (including phenoxy) is 1. The molecule has 3 aromatic carbocycles. The number of hydrogen-bond donors (Lipinski definition) is 1. The summed E-state index contributed by atoms with van der Waals surface area (Å²) in [6.45, 7) is 3.26. The number of fused-ring (bicyclic) bond motifs is 1. The van der Waals surface area contributed by atoms with Crippen molar-refractivity contribution in [2.45, 2.75) is 20.0 Å². The van der Waals surface area contributed by atoms with Crippen LogP contribution in [0.4, 0.5) is 0 Å². The standard InChI is InChI=1S/C25H24N4O3/c1-3-29-22-7-5-4-6-21(22)27-23(29)16-28(2)25(31)18-10-14-20(15-11-18)32-19-12-8-17(9-13-19)24(26)30/h4-15H,3,16H2,1-2H3,(H2,26,30). The van der Waals surface area contributed by atoms with Gasteiger partial charge in [-0.3, -0.25) is 9.59 Å². The molecular formula is C25H24N4O3. The lowest BCUT2D eigenvalue weighted by Gasteiger charge is -2.18. The third-order valence-electron chi connectivity index (χ3n) is 5.25. The molecular weight excluding hydrogens is 404 g/mol. The summed E-state index contributed by atoms with van der Waals surface area (Å²) in [7, 11) is 1.77. The maximum atomic E-state index is 12.9. The van der Waals surface area contributed by atoms with Gasteiger partial charge in [-0.05, 0) is 67.6 Å². The van der Waals surface area contributed by atoms with Gasteiger partial charge in [0.05, 0.1) is 17.6 Å². The fourth-order valence-corrected chi connectivity index (χ4v) is 3.59. The Hall–Kier alpha value is -4.13. The highest BCUT2D eigenvalue weighted by Gasteiger charge is 2.16. The van der Waals surface area contributed by atoms with Crippen molar-refractivity contribution in [2.24, 2.45) is 5.73 Å². The summed E-state index contributed by atoms with van der Waals surface area (Å²) in [6.07, 6.45) is 0. The van der Waals surface area contributed by atoms with E-state index in [9.17, 15) is 9.59 Å². The van der Waals surface area contributed by atoms with Gasteiger partial charge in [-0.15, -0.1) is 0 Å². The Morgan fingerprint density at radius 2 is 1.53 bits per heavy atom. The lowest BCUT2D eigenvalue weighted by molar-refractivity contribution is 0.0780. The van der Waals surface area contributed by atoms with Crippen molar-refractivity contribution < 1.29 is 14.3 Å². The zero-order valence-electron chi connectivity index (χ0n) is 18.0. The number of nitrogens with two attached hydrogens (primary N) is 1. The lowest BCUT2D eigenvalue weighted by Crippen LogP contribution is -2.27. The summed E-state index contributed by atoms with van der Waals surface area (Å²) in [5, 5.41) is 0. The van der Waals surface area contributed by atoms with Gasteiger partial charge in [0.1, 0.15) is 17.3 Å². The van der Waals surface area contributed by atoms with Gasteiger partial charge in [0.15, 0.2) is 0 Å².